The summed E-state index contributed by atoms with van der Waals surface area (Å²) in [4.78, 5) is 39.8. The predicted molar refractivity (Wildman–Crippen MR) is 121 cm³/mol. The number of hydrogen-bond acceptors (Lipinski definition) is 5. The zero-order valence-electron chi connectivity index (χ0n) is 17.9. The number of aliphatic hydroxyl groups is 1. The second-order valence-corrected chi connectivity index (χ2v) is 8.82. The summed E-state index contributed by atoms with van der Waals surface area (Å²) in [5.74, 6) is -1.60. The molecule has 2 aromatic carbocycles. The van der Waals surface area contributed by atoms with Crippen LogP contribution in [0.5, 0.6) is 0 Å². The van der Waals surface area contributed by atoms with Crippen molar-refractivity contribution in [1.82, 2.24) is 0 Å². The van der Waals surface area contributed by atoms with Crippen molar-refractivity contribution in [2.45, 2.75) is 45.6 Å². The van der Waals surface area contributed by atoms with E-state index in [2.05, 4.69) is 15.9 Å². The van der Waals surface area contributed by atoms with Gasteiger partial charge < -0.3 is 9.84 Å². The molecule has 2 aromatic rings. The van der Waals surface area contributed by atoms with Crippen molar-refractivity contribution in [1.29, 1.82) is 0 Å². The second-order valence-electron chi connectivity index (χ2n) is 7.91. The van der Waals surface area contributed by atoms with E-state index in [0.29, 0.717) is 21.3 Å². The second kappa shape index (κ2) is 9.32. The number of carbonyl (C=O) groups excluding carboxylic acids is 3. The molecule has 1 atom stereocenters. The third-order valence-corrected chi connectivity index (χ3v) is 5.93. The fourth-order valence-corrected chi connectivity index (χ4v) is 4.17. The van der Waals surface area contributed by atoms with Crippen LogP contribution in [0.2, 0.25) is 0 Å². The molecule has 0 saturated carbocycles. The first-order valence-electron chi connectivity index (χ1n) is 10.3. The number of ketones is 1. The highest BCUT2D eigenvalue weighted by atomic mass is 79.9. The third kappa shape index (κ3) is 4.72. The fraction of sp³-hybridized carbons (Fsp3) is 0.375. The van der Waals surface area contributed by atoms with E-state index >= 15 is 0 Å². The Bertz CT molecular complexity index is 1030. The van der Waals surface area contributed by atoms with Crippen LogP contribution >= 0.6 is 15.9 Å². The van der Waals surface area contributed by atoms with Crippen molar-refractivity contribution in [2.24, 2.45) is 0 Å². The Hall–Kier alpha value is -2.51. The molecular weight excluding hydrogens is 462 g/mol. The molecule has 1 heterocycles. The first-order chi connectivity index (χ1) is 14.7. The number of halogens is 1. The quantitative estimate of drug-likeness (QED) is 0.342. The Morgan fingerprint density at radius 2 is 1.90 bits per heavy atom. The molecule has 164 valence electrons. The predicted octanol–water partition coefficient (Wildman–Crippen LogP) is 4.22. The smallest absolute Gasteiger partial charge is 0.326 e. The summed E-state index contributed by atoms with van der Waals surface area (Å²) in [6.45, 7) is 5.69. The van der Waals surface area contributed by atoms with E-state index in [1.807, 2.05) is 32.9 Å². The molecule has 0 radical (unpaired) electrons. The largest absolute Gasteiger partial charge is 0.464 e. The van der Waals surface area contributed by atoms with Crippen LogP contribution in [0.3, 0.4) is 0 Å². The van der Waals surface area contributed by atoms with Gasteiger partial charge in [-0.25, -0.2) is 0 Å². The van der Waals surface area contributed by atoms with Crippen LogP contribution in [0.25, 0.3) is 0 Å². The van der Waals surface area contributed by atoms with Crippen LogP contribution < -0.4 is 4.90 Å². The molecule has 0 fully saturated rings. The molecule has 3 rings (SSSR count). The molecule has 0 aliphatic carbocycles. The summed E-state index contributed by atoms with van der Waals surface area (Å²) >= 11 is 3.36. The molecule has 1 aliphatic rings. The van der Waals surface area contributed by atoms with Gasteiger partial charge in [0.25, 0.3) is 5.91 Å². The number of aryl methyl sites for hydroxylation is 2. The minimum Gasteiger partial charge on any atom is -0.464 e. The van der Waals surface area contributed by atoms with Gasteiger partial charge in [0.1, 0.15) is 6.54 Å². The first kappa shape index (κ1) is 23.2. The highest BCUT2D eigenvalue weighted by molar-refractivity contribution is 9.10. The van der Waals surface area contributed by atoms with Gasteiger partial charge in [0.05, 0.1) is 18.7 Å². The lowest BCUT2D eigenvalue weighted by Gasteiger charge is -2.22. The monoisotopic (exact) mass is 487 g/mol. The minimum absolute atomic E-state index is 0.278. The van der Waals surface area contributed by atoms with Crippen molar-refractivity contribution in [2.75, 3.05) is 18.1 Å². The van der Waals surface area contributed by atoms with Gasteiger partial charge in [0.15, 0.2) is 11.4 Å². The maximum atomic E-state index is 13.3. The molecule has 0 aromatic heterocycles. The van der Waals surface area contributed by atoms with Crippen LogP contribution in [0, 0.1) is 13.8 Å². The third-order valence-electron chi connectivity index (χ3n) is 5.44. The van der Waals surface area contributed by atoms with Gasteiger partial charge in [0, 0.05) is 15.6 Å². The molecule has 31 heavy (non-hydrogen) atoms. The van der Waals surface area contributed by atoms with Crippen LogP contribution in [0.15, 0.2) is 40.9 Å². The van der Waals surface area contributed by atoms with E-state index in [1.165, 1.54) is 4.90 Å². The number of benzene rings is 2. The van der Waals surface area contributed by atoms with Gasteiger partial charge in [0.2, 0.25) is 0 Å². The van der Waals surface area contributed by atoms with E-state index in [4.69, 9.17) is 4.74 Å². The van der Waals surface area contributed by atoms with Crippen molar-refractivity contribution in [3.8, 4) is 0 Å². The summed E-state index contributed by atoms with van der Waals surface area (Å²) in [5, 5.41) is 11.4. The van der Waals surface area contributed by atoms with Crippen LogP contribution in [0.1, 0.15) is 53.2 Å². The number of carbonyl (C=O) groups is 3. The van der Waals surface area contributed by atoms with Gasteiger partial charge in [-0.05, 0) is 44.0 Å². The summed E-state index contributed by atoms with van der Waals surface area (Å²) in [5.41, 5.74) is 0.900. The standard InChI is InChI=1S/C24H26BrNO5/c1-4-5-10-31-22(28)14-26-20-9-7-17(25)12-19(20)24(30,23(26)29)13-21(27)18-8-6-15(2)11-16(18)3/h6-9,11-12,30H,4-5,10,13-14H2,1-3H3. The average molecular weight is 488 g/mol. The Kier molecular flexibility index (Phi) is 6.96. The fourth-order valence-electron chi connectivity index (χ4n) is 3.81. The number of hydrogen-bond donors (Lipinski definition) is 1. The van der Waals surface area contributed by atoms with Gasteiger partial charge in [-0.3, -0.25) is 19.3 Å². The number of fused-ring (bicyclic) bond motifs is 1. The zero-order chi connectivity index (χ0) is 22.8. The van der Waals surface area contributed by atoms with Crippen molar-refractivity contribution < 1.29 is 24.2 Å². The lowest BCUT2D eigenvalue weighted by Crippen LogP contribution is -2.44. The van der Waals surface area contributed by atoms with Crippen LogP contribution in [0.4, 0.5) is 5.69 Å². The Morgan fingerprint density at radius 1 is 1.16 bits per heavy atom. The van der Waals surface area contributed by atoms with E-state index in [9.17, 15) is 19.5 Å². The number of anilines is 1. The Labute approximate surface area is 190 Å². The van der Waals surface area contributed by atoms with Crippen LogP contribution in [-0.2, 0) is 19.9 Å². The number of unbranched alkanes of at least 4 members (excludes halogenated alkanes) is 1. The summed E-state index contributed by atoms with van der Waals surface area (Å²) in [6, 6.07) is 10.4. The number of amides is 1. The molecule has 1 amide bonds. The Balaban J connectivity index is 1.91. The normalized spacial score (nSPS) is 17.6. The number of rotatable bonds is 8. The zero-order valence-corrected chi connectivity index (χ0v) is 19.5. The first-order valence-corrected chi connectivity index (χ1v) is 11.1. The van der Waals surface area contributed by atoms with Crippen molar-refractivity contribution in [3.63, 3.8) is 0 Å². The molecule has 6 nitrogen and oxygen atoms in total. The summed E-state index contributed by atoms with van der Waals surface area (Å²) in [6.07, 6.45) is 1.20. The molecular formula is C24H26BrNO5. The number of ether oxygens (including phenoxy) is 1. The lowest BCUT2D eigenvalue weighted by atomic mass is 9.87. The molecule has 0 spiro atoms. The highest BCUT2D eigenvalue weighted by Crippen LogP contribution is 2.44. The number of Topliss-reactive ketones (excluding diaryl/α,β-unsaturated/α-hetero) is 1. The minimum atomic E-state index is -2.06. The summed E-state index contributed by atoms with van der Waals surface area (Å²) in [7, 11) is 0. The molecule has 0 bridgehead atoms. The maximum absolute atomic E-state index is 13.3. The van der Waals surface area contributed by atoms with Gasteiger partial charge in [-0.2, -0.15) is 0 Å². The van der Waals surface area contributed by atoms with Gasteiger partial charge in [-0.15, -0.1) is 0 Å². The van der Waals surface area contributed by atoms with Crippen molar-refractivity contribution >= 4 is 39.3 Å². The molecule has 1 unspecified atom stereocenters. The lowest BCUT2D eigenvalue weighted by molar-refractivity contribution is -0.144. The van der Waals surface area contributed by atoms with E-state index in [0.717, 1.165) is 24.0 Å². The van der Waals surface area contributed by atoms with E-state index < -0.39 is 23.9 Å². The Morgan fingerprint density at radius 3 is 2.58 bits per heavy atom. The molecule has 1 aliphatic heterocycles. The maximum Gasteiger partial charge on any atom is 0.326 e. The number of nitrogens with zero attached hydrogens (tertiary/aromatic N) is 1. The highest BCUT2D eigenvalue weighted by Gasteiger charge is 2.51. The SMILES string of the molecule is CCCCOC(=O)CN1C(=O)C(O)(CC(=O)c2ccc(C)cc2C)c2cc(Br)ccc21. The van der Waals surface area contributed by atoms with Crippen molar-refractivity contribution in [3.05, 3.63) is 63.1 Å². The summed E-state index contributed by atoms with van der Waals surface area (Å²) < 4.78 is 5.84. The van der Waals surface area contributed by atoms with Crippen LogP contribution in [-0.4, -0.2) is 35.9 Å². The van der Waals surface area contributed by atoms with Gasteiger partial charge >= 0.3 is 5.97 Å². The topological polar surface area (TPSA) is 83.9 Å². The van der Waals surface area contributed by atoms with E-state index in [1.54, 1.807) is 24.3 Å². The average Bonchev–Trinajstić information content (AvgIpc) is 2.89. The molecule has 1 N–H and O–H groups in total. The molecule has 0 saturated heterocycles. The van der Waals surface area contributed by atoms with Gasteiger partial charge in [-0.1, -0.05) is 53.0 Å². The molecule has 7 heteroatoms. The van der Waals surface area contributed by atoms with E-state index in [-0.39, 0.29) is 18.9 Å². The number of esters is 1.